The number of hydrogen-bond acceptors (Lipinski definition) is 1. The Morgan fingerprint density at radius 3 is 1.70 bits per heavy atom. The molecule has 1 nitrogen and oxygen atoms in total. The van der Waals surface area contributed by atoms with Crippen LogP contribution in [-0.4, -0.2) is 8.32 Å². The van der Waals surface area contributed by atoms with Crippen LogP contribution in [0, 0.1) is 23.2 Å². The quantitative estimate of drug-likeness (QED) is 0.525. The molecule has 0 radical (unpaired) electrons. The Morgan fingerprint density at radius 1 is 0.913 bits per heavy atom. The van der Waals surface area contributed by atoms with Gasteiger partial charge < -0.3 is 4.43 Å². The lowest BCUT2D eigenvalue weighted by Crippen LogP contribution is -2.51. The zero-order valence-electron chi connectivity index (χ0n) is 16.1. The predicted octanol–water partition coefficient (Wildman–Crippen LogP) is 6.66. The van der Waals surface area contributed by atoms with Crippen LogP contribution in [0.15, 0.2) is 11.8 Å². The molecule has 0 saturated heterocycles. The van der Waals surface area contributed by atoms with Gasteiger partial charge in [0, 0.05) is 10.5 Å². The van der Waals surface area contributed by atoms with Gasteiger partial charge in [-0.1, -0.05) is 41.5 Å². The van der Waals surface area contributed by atoms with Gasteiger partial charge in [-0.2, -0.15) is 0 Å². The van der Waals surface area contributed by atoms with E-state index < -0.39 is 8.32 Å². The third kappa shape index (κ3) is 2.09. The third-order valence-corrected chi connectivity index (χ3v) is 14.2. The van der Waals surface area contributed by atoms with Crippen LogP contribution in [-0.2, 0) is 4.43 Å². The summed E-state index contributed by atoms with van der Waals surface area (Å²) in [4.78, 5) is 0. The van der Waals surface area contributed by atoms with Crippen molar-refractivity contribution in [2.24, 2.45) is 23.2 Å². The van der Waals surface area contributed by atoms with E-state index in [1.54, 1.807) is 0 Å². The molecule has 0 unspecified atom stereocenters. The largest absolute Gasteiger partial charge is 0.545 e. The highest BCUT2D eigenvalue weighted by atomic mass is 28.4. The lowest BCUT2D eigenvalue weighted by molar-refractivity contribution is -0.0478. The first kappa shape index (κ1) is 16.2. The molecule has 0 aromatic heterocycles. The molecule has 4 fully saturated rings. The molecule has 5 aliphatic rings. The van der Waals surface area contributed by atoms with E-state index in [1.165, 1.54) is 44.3 Å². The van der Waals surface area contributed by atoms with Gasteiger partial charge >= 0.3 is 0 Å². The highest BCUT2D eigenvalue weighted by Crippen LogP contribution is 2.67. The molecule has 4 bridgehead atoms. The Kier molecular flexibility index (Phi) is 3.46. The summed E-state index contributed by atoms with van der Waals surface area (Å²) in [6, 6.07) is 0. The van der Waals surface area contributed by atoms with Crippen molar-refractivity contribution >= 4 is 8.32 Å². The van der Waals surface area contributed by atoms with Crippen LogP contribution in [0.5, 0.6) is 0 Å². The van der Waals surface area contributed by atoms with Gasteiger partial charge in [0.2, 0.25) is 0 Å². The Balaban J connectivity index is 1.71. The molecule has 0 aromatic carbocycles. The van der Waals surface area contributed by atoms with E-state index in [0.29, 0.717) is 16.5 Å². The van der Waals surface area contributed by atoms with Gasteiger partial charge in [0.1, 0.15) is 0 Å². The SMILES string of the molecule is CC(C)[Si]1(C(C)C)OC(C23CC4CC(CC(C4)C2)C3)=CC1(C)C. The molecule has 2 heteroatoms. The topological polar surface area (TPSA) is 9.23 Å². The van der Waals surface area contributed by atoms with Crippen molar-refractivity contribution in [2.75, 3.05) is 0 Å². The first-order valence-electron chi connectivity index (χ1n) is 10.1. The molecule has 0 atom stereocenters. The number of allylic oxidation sites excluding steroid dienone is 2. The lowest BCUT2D eigenvalue weighted by Gasteiger charge is -2.57. The van der Waals surface area contributed by atoms with Gasteiger partial charge in [0.15, 0.2) is 0 Å². The van der Waals surface area contributed by atoms with Crippen LogP contribution in [0.2, 0.25) is 16.1 Å². The Bertz CT molecular complexity index is 485. The minimum absolute atomic E-state index is 0.272. The maximum Gasteiger partial charge on any atom is 0.265 e. The van der Waals surface area contributed by atoms with Crippen LogP contribution >= 0.6 is 0 Å². The number of hydrogen-bond donors (Lipinski definition) is 0. The summed E-state index contributed by atoms with van der Waals surface area (Å²) >= 11 is 0. The molecule has 1 heterocycles. The second kappa shape index (κ2) is 4.90. The summed E-state index contributed by atoms with van der Waals surface area (Å²) in [5, 5.41) is 0.272. The van der Waals surface area contributed by atoms with Crippen LogP contribution in [0.25, 0.3) is 0 Å². The van der Waals surface area contributed by atoms with Gasteiger partial charge in [0.05, 0.1) is 5.76 Å². The fourth-order valence-electron chi connectivity index (χ4n) is 7.85. The summed E-state index contributed by atoms with van der Waals surface area (Å²) in [6.45, 7) is 14.6. The van der Waals surface area contributed by atoms with Crippen molar-refractivity contribution in [1.82, 2.24) is 0 Å². The monoisotopic (exact) mass is 332 g/mol. The van der Waals surface area contributed by atoms with E-state index >= 15 is 0 Å². The minimum atomic E-state index is -1.82. The summed E-state index contributed by atoms with van der Waals surface area (Å²) in [6.07, 6.45) is 11.5. The standard InChI is InChI=1S/C21H36OSi/c1-14(2)23(15(3)4)20(5,6)13-19(22-23)21-10-16-7-17(11-21)9-18(8-16)12-21/h13-18H,7-12H2,1-6H3. The molecule has 23 heavy (non-hydrogen) atoms. The minimum Gasteiger partial charge on any atom is -0.545 e. The second-order valence-electron chi connectivity index (χ2n) is 10.6. The molecule has 0 aromatic rings. The first-order valence-corrected chi connectivity index (χ1v) is 12.2. The smallest absolute Gasteiger partial charge is 0.265 e. The van der Waals surface area contributed by atoms with Crippen molar-refractivity contribution in [1.29, 1.82) is 0 Å². The van der Waals surface area contributed by atoms with Crippen LogP contribution in [0.4, 0.5) is 0 Å². The summed E-state index contributed by atoms with van der Waals surface area (Å²) in [5.41, 5.74) is 1.80. The highest BCUT2D eigenvalue weighted by molar-refractivity contribution is 6.80. The van der Waals surface area contributed by atoms with E-state index in [2.05, 4.69) is 47.6 Å². The average Bonchev–Trinajstić information content (AvgIpc) is 2.70. The zero-order chi connectivity index (χ0) is 16.6. The van der Waals surface area contributed by atoms with E-state index in [4.69, 9.17) is 4.43 Å². The fraction of sp³-hybridized carbons (Fsp3) is 0.905. The van der Waals surface area contributed by atoms with Crippen molar-refractivity contribution in [3.63, 3.8) is 0 Å². The summed E-state index contributed by atoms with van der Waals surface area (Å²) in [5.74, 6) is 4.48. The molecular weight excluding hydrogens is 296 g/mol. The third-order valence-electron chi connectivity index (χ3n) is 8.05. The molecule has 0 N–H and O–H groups in total. The normalized spacial score (nSPS) is 43.1. The zero-order valence-corrected chi connectivity index (χ0v) is 17.1. The van der Waals surface area contributed by atoms with Gasteiger partial charge in [-0.3, -0.25) is 0 Å². The summed E-state index contributed by atoms with van der Waals surface area (Å²) in [7, 11) is -1.82. The van der Waals surface area contributed by atoms with Crippen molar-refractivity contribution in [3.05, 3.63) is 11.8 Å². The molecule has 4 aliphatic carbocycles. The van der Waals surface area contributed by atoms with Gasteiger partial charge in [-0.05, 0) is 73.4 Å². The summed E-state index contributed by atoms with van der Waals surface area (Å²) < 4.78 is 7.17. The van der Waals surface area contributed by atoms with Crippen LogP contribution in [0.3, 0.4) is 0 Å². The van der Waals surface area contributed by atoms with E-state index in [-0.39, 0.29) is 5.04 Å². The predicted molar refractivity (Wildman–Crippen MR) is 99.8 cm³/mol. The molecule has 130 valence electrons. The molecule has 5 rings (SSSR count). The van der Waals surface area contributed by atoms with Crippen LogP contribution in [0.1, 0.15) is 80.1 Å². The lowest BCUT2D eigenvalue weighted by atomic mass is 9.49. The second-order valence-corrected chi connectivity index (χ2v) is 16.0. The van der Waals surface area contributed by atoms with Gasteiger partial charge in [-0.25, -0.2) is 0 Å². The Morgan fingerprint density at radius 2 is 1.35 bits per heavy atom. The molecular formula is C21H36OSi. The van der Waals surface area contributed by atoms with Crippen molar-refractivity contribution < 1.29 is 4.43 Å². The average molecular weight is 333 g/mol. The fourth-order valence-corrected chi connectivity index (χ4v) is 13.9. The Labute approximate surface area is 144 Å². The molecule has 0 spiro atoms. The van der Waals surface area contributed by atoms with Crippen molar-refractivity contribution in [2.45, 2.75) is 96.2 Å². The van der Waals surface area contributed by atoms with Gasteiger partial charge in [0.25, 0.3) is 8.32 Å². The van der Waals surface area contributed by atoms with Crippen molar-refractivity contribution in [3.8, 4) is 0 Å². The van der Waals surface area contributed by atoms with Crippen LogP contribution < -0.4 is 0 Å². The van der Waals surface area contributed by atoms with Gasteiger partial charge in [-0.15, -0.1) is 0 Å². The maximum absolute atomic E-state index is 7.17. The van der Waals surface area contributed by atoms with E-state index in [1.807, 2.05) is 0 Å². The number of rotatable bonds is 3. The highest BCUT2D eigenvalue weighted by Gasteiger charge is 2.63. The molecule has 0 amide bonds. The maximum atomic E-state index is 7.17. The van der Waals surface area contributed by atoms with E-state index in [9.17, 15) is 0 Å². The Hall–Kier alpha value is -0.243. The van der Waals surface area contributed by atoms with E-state index in [0.717, 1.165) is 17.8 Å². The molecule has 1 aliphatic heterocycles. The molecule has 4 saturated carbocycles. The first-order chi connectivity index (χ1) is 10.7.